The van der Waals surface area contributed by atoms with E-state index in [0.717, 1.165) is 18.8 Å². The van der Waals surface area contributed by atoms with Crippen LogP contribution in [0.25, 0.3) is 5.52 Å². The van der Waals surface area contributed by atoms with Gasteiger partial charge in [-0.1, -0.05) is 11.6 Å². The zero-order valence-corrected chi connectivity index (χ0v) is 10.0. The molecular formula is C11H12ClN3O2. The van der Waals surface area contributed by atoms with Crippen molar-refractivity contribution in [1.82, 2.24) is 14.7 Å². The summed E-state index contributed by atoms with van der Waals surface area (Å²) < 4.78 is 1.81. The first-order valence-corrected chi connectivity index (χ1v) is 5.55. The molecule has 0 atom stereocenters. The molecule has 2 heterocycles. The molecule has 0 aliphatic heterocycles. The minimum absolute atomic E-state index is 0.208. The van der Waals surface area contributed by atoms with Crippen molar-refractivity contribution in [3.63, 3.8) is 0 Å². The van der Waals surface area contributed by atoms with Crippen LogP contribution in [0.4, 0.5) is 0 Å². The molecule has 90 valence electrons. The highest BCUT2D eigenvalue weighted by molar-refractivity contribution is 6.32. The average Bonchev–Trinajstić information content (AvgIpc) is 2.63. The fourth-order valence-corrected chi connectivity index (χ4v) is 1.90. The summed E-state index contributed by atoms with van der Waals surface area (Å²) in [7, 11) is 1.86. The van der Waals surface area contributed by atoms with E-state index in [2.05, 4.69) is 10.3 Å². The lowest BCUT2D eigenvalue weighted by Gasteiger charge is -2.01. The number of likely N-dealkylation sites (N-methyl/N-ethyl adjacent to an activating group) is 1. The normalized spacial score (nSPS) is 10.9. The van der Waals surface area contributed by atoms with Gasteiger partial charge in [-0.05, 0) is 19.2 Å². The summed E-state index contributed by atoms with van der Waals surface area (Å²) in [6, 6.07) is 3.07. The number of rotatable bonds is 4. The van der Waals surface area contributed by atoms with Crippen LogP contribution in [0.15, 0.2) is 18.3 Å². The van der Waals surface area contributed by atoms with Gasteiger partial charge >= 0.3 is 5.97 Å². The molecule has 2 rings (SSSR count). The lowest BCUT2D eigenvalue weighted by molar-refractivity contribution is 0.0697. The highest BCUT2D eigenvalue weighted by Crippen LogP contribution is 2.19. The van der Waals surface area contributed by atoms with Gasteiger partial charge < -0.3 is 14.8 Å². The third kappa shape index (κ3) is 2.25. The summed E-state index contributed by atoms with van der Waals surface area (Å²) in [4.78, 5) is 15.1. The van der Waals surface area contributed by atoms with Gasteiger partial charge in [0.15, 0.2) is 5.15 Å². The molecule has 0 radical (unpaired) electrons. The minimum atomic E-state index is -0.971. The molecule has 2 aromatic rings. The van der Waals surface area contributed by atoms with Crippen LogP contribution >= 0.6 is 11.6 Å². The van der Waals surface area contributed by atoms with Crippen molar-refractivity contribution < 1.29 is 9.90 Å². The maximum atomic E-state index is 10.9. The number of aromatic nitrogens is 2. The van der Waals surface area contributed by atoms with Crippen LogP contribution < -0.4 is 5.32 Å². The Hall–Kier alpha value is -1.59. The Morgan fingerprint density at radius 3 is 3.06 bits per heavy atom. The highest BCUT2D eigenvalue weighted by Gasteiger charge is 2.11. The van der Waals surface area contributed by atoms with E-state index in [1.54, 1.807) is 6.20 Å². The molecule has 0 aliphatic rings. The average molecular weight is 254 g/mol. The molecular weight excluding hydrogens is 242 g/mol. The number of hydrogen-bond donors (Lipinski definition) is 2. The number of carbonyl (C=O) groups is 1. The van der Waals surface area contributed by atoms with Gasteiger partial charge in [0.2, 0.25) is 0 Å². The third-order valence-electron chi connectivity index (χ3n) is 2.52. The summed E-state index contributed by atoms with van der Waals surface area (Å²) in [5.74, 6) is -0.155. The number of carboxylic acid groups (broad SMARTS) is 1. The molecule has 5 nitrogen and oxygen atoms in total. The number of fused-ring (bicyclic) bond motifs is 1. The molecule has 0 spiro atoms. The van der Waals surface area contributed by atoms with E-state index in [1.165, 1.54) is 12.1 Å². The van der Waals surface area contributed by atoms with E-state index in [4.69, 9.17) is 16.7 Å². The number of carboxylic acids is 1. The molecule has 0 unspecified atom stereocenters. The number of hydrogen-bond acceptors (Lipinski definition) is 3. The zero-order chi connectivity index (χ0) is 12.4. The highest BCUT2D eigenvalue weighted by atomic mass is 35.5. The second kappa shape index (κ2) is 4.73. The van der Waals surface area contributed by atoms with Crippen molar-refractivity contribution in [2.45, 2.75) is 6.42 Å². The number of nitrogens with zero attached hydrogens (tertiary/aromatic N) is 2. The first-order valence-electron chi connectivity index (χ1n) is 5.18. The molecule has 0 saturated carbocycles. The second-order valence-corrected chi connectivity index (χ2v) is 4.01. The molecule has 0 saturated heterocycles. The maximum absolute atomic E-state index is 10.9. The van der Waals surface area contributed by atoms with Crippen molar-refractivity contribution >= 4 is 23.1 Å². The summed E-state index contributed by atoms with van der Waals surface area (Å²) in [5.41, 5.74) is 0.831. The van der Waals surface area contributed by atoms with Crippen molar-refractivity contribution in [3.8, 4) is 0 Å². The molecule has 17 heavy (non-hydrogen) atoms. The minimum Gasteiger partial charge on any atom is -0.478 e. The first-order chi connectivity index (χ1) is 8.13. The van der Waals surface area contributed by atoms with Crippen LogP contribution in [0, 0.1) is 0 Å². The molecule has 0 aromatic carbocycles. The van der Waals surface area contributed by atoms with Crippen LogP contribution in [0.1, 0.15) is 16.2 Å². The molecule has 0 bridgehead atoms. The third-order valence-corrected chi connectivity index (χ3v) is 2.80. The Labute approximate surface area is 103 Å². The van der Waals surface area contributed by atoms with E-state index in [0.29, 0.717) is 10.7 Å². The predicted molar refractivity (Wildman–Crippen MR) is 64.8 cm³/mol. The molecule has 2 aromatic heterocycles. The largest absolute Gasteiger partial charge is 0.478 e. The molecule has 0 aliphatic carbocycles. The Balaban J connectivity index is 2.49. The van der Waals surface area contributed by atoms with Gasteiger partial charge in [0, 0.05) is 19.2 Å². The van der Waals surface area contributed by atoms with E-state index < -0.39 is 5.97 Å². The summed E-state index contributed by atoms with van der Waals surface area (Å²) in [5, 5.41) is 12.3. The number of pyridine rings is 1. The van der Waals surface area contributed by atoms with Crippen molar-refractivity contribution in [2.75, 3.05) is 13.6 Å². The lowest BCUT2D eigenvalue weighted by Crippen LogP contribution is -2.12. The topological polar surface area (TPSA) is 66.6 Å². The van der Waals surface area contributed by atoms with Crippen molar-refractivity contribution in [3.05, 3.63) is 34.9 Å². The van der Waals surface area contributed by atoms with E-state index in [-0.39, 0.29) is 5.56 Å². The molecule has 0 amide bonds. The quantitative estimate of drug-likeness (QED) is 0.866. The fourth-order valence-electron chi connectivity index (χ4n) is 1.65. The Morgan fingerprint density at radius 1 is 1.65 bits per heavy atom. The van der Waals surface area contributed by atoms with Crippen molar-refractivity contribution in [1.29, 1.82) is 0 Å². The Morgan fingerprint density at radius 2 is 2.41 bits per heavy atom. The summed E-state index contributed by atoms with van der Waals surface area (Å²) in [6.07, 6.45) is 2.42. The van der Waals surface area contributed by atoms with Gasteiger partial charge in [-0.15, -0.1) is 0 Å². The molecule has 2 N–H and O–H groups in total. The summed E-state index contributed by atoms with van der Waals surface area (Å²) in [6.45, 7) is 0.788. The Bertz CT molecular complexity index is 565. The Kier molecular flexibility index (Phi) is 3.31. The standard InChI is InChI=1S/C11H12ClN3O2/c1-13-4-2-9-14-10(12)8-6-7(11(16)17)3-5-15(8)9/h3,5-6,13H,2,4H2,1H3,(H,16,17). The maximum Gasteiger partial charge on any atom is 0.335 e. The van der Waals surface area contributed by atoms with E-state index in [9.17, 15) is 4.79 Å². The van der Waals surface area contributed by atoms with Gasteiger partial charge in [0.05, 0.1) is 11.1 Å². The van der Waals surface area contributed by atoms with Crippen LogP contribution in [0.2, 0.25) is 5.15 Å². The predicted octanol–water partition coefficient (Wildman–Crippen LogP) is 1.45. The van der Waals surface area contributed by atoms with E-state index in [1.807, 2.05) is 11.4 Å². The number of halogens is 1. The summed E-state index contributed by atoms with van der Waals surface area (Å²) >= 11 is 5.99. The van der Waals surface area contributed by atoms with Crippen LogP contribution in [-0.4, -0.2) is 34.1 Å². The van der Waals surface area contributed by atoms with Gasteiger partial charge in [-0.3, -0.25) is 0 Å². The zero-order valence-electron chi connectivity index (χ0n) is 9.27. The molecule has 0 fully saturated rings. The van der Waals surface area contributed by atoms with Gasteiger partial charge in [0.1, 0.15) is 5.82 Å². The number of nitrogens with one attached hydrogen (secondary N) is 1. The van der Waals surface area contributed by atoms with Gasteiger partial charge in [-0.25, -0.2) is 9.78 Å². The first kappa shape index (κ1) is 11.9. The monoisotopic (exact) mass is 253 g/mol. The van der Waals surface area contributed by atoms with Gasteiger partial charge in [0.25, 0.3) is 0 Å². The van der Waals surface area contributed by atoms with Crippen molar-refractivity contribution in [2.24, 2.45) is 0 Å². The second-order valence-electron chi connectivity index (χ2n) is 3.65. The number of imidazole rings is 1. The van der Waals surface area contributed by atoms with E-state index >= 15 is 0 Å². The molecule has 6 heteroatoms. The number of aromatic carboxylic acids is 1. The van der Waals surface area contributed by atoms with Crippen LogP contribution in [-0.2, 0) is 6.42 Å². The van der Waals surface area contributed by atoms with Crippen LogP contribution in [0.3, 0.4) is 0 Å². The van der Waals surface area contributed by atoms with Gasteiger partial charge in [-0.2, -0.15) is 0 Å². The van der Waals surface area contributed by atoms with Crippen LogP contribution in [0.5, 0.6) is 0 Å². The smallest absolute Gasteiger partial charge is 0.335 e. The fraction of sp³-hybridized carbons (Fsp3) is 0.273. The lowest BCUT2D eigenvalue weighted by atomic mass is 10.2. The SMILES string of the molecule is CNCCc1nc(Cl)c2cc(C(=O)O)ccn12.